The van der Waals surface area contributed by atoms with Gasteiger partial charge in [0.2, 0.25) is 11.9 Å². The standard InChI is InChI=1S/C29H34F2N6O2/c1-7-23(39)36-12-18(4)37(13-17(36)3)28-20-11-16(2)24(25-21(30)9-8-10-22(25)38)26(31)27(20)32-29(33-28)35-14-19(15-35)34(5)6/h7-11,17-19,38H,1,12-15H2,2-6H3/t17-,18+/m1/s1. The molecular formula is C29H34F2N6O2. The van der Waals surface area contributed by atoms with Crippen LogP contribution in [0.3, 0.4) is 0 Å². The van der Waals surface area contributed by atoms with Gasteiger partial charge in [-0.05, 0) is 64.7 Å². The SMILES string of the molecule is C=CC(=O)N1C[C@H](C)N(c2nc(N3CC(N(C)C)C3)nc3c(F)c(-c4c(O)cccc4F)c(C)cc23)C[C@H]1C. The molecule has 39 heavy (non-hydrogen) atoms. The molecule has 10 heteroatoms. The van der Waals surface area contributed by atoms with Crippen molar-refractivity contribution in [1.82, 2.24) is 19.8 Å². The second-order valence-corrected chi connectivity index (χ2v) is 10.8. The van der Waals surface area contributed by atoms with Crippen molar-refractivity contribution in [3.8, 4) is 16.9 Å². The highest BCUT2D eigenvalue weighted by atomic mass is 19.1. The number of phenolic OH excluding ortho intramolecular Hbond substituents is 1. The van der Waals surface area contributed by atoms with Crippen LogP contribution in [0.25, 0.3) is 22.0 Å². The quantitative estimate of drug-likeness (QED) is 0.495. The number of halogens is 2. The van der Waals surface area contributed by atoms with Gasteiger partial charge in [-0.25, -0.2) is 13.8 Å². The van der Waals surface area contributed by atoms with Crippen LogP contribution in [0.4, 0.5) is 20.5 Å². The van der Waals surface area contributed by atoms with E-state index in [1.165, 1.54) is 24.3 Å². The van der Waals surface area contributed by atoms with Gasteiger partial charge in [-0.2, -0.15) is 4.98 Å². The van der Waals surface area contributed by atoms with Crippen LogP contribution < -0.4 is 9.80 Å². The maximum absolute atomic E-state index is 16.4. The molecule has 2 saturated heterocycles. The highest BCUT2D eigenvalue weighted by Crippen LogP contribution is 2.41. The number of benzene rings is 2. The average molecular weight is 537 g/mol. The van der Waals surface area contributed by atoms with Crippen molar-refractivity contribution in [3.63, 3.8) is 0 Å². The van der Waals surface area contributed by atoms with Crippen LogP contribution >= 0.6 is 0 Å². The van der Waals surface area contributed by atoms with Gasteiger partial charge in [0.05, 0.1) is 5.56 Å². The summed E-state index contributed by atoms with van der Waals surface area (Å²) < 4.78 is 31.3. The minimum atomic E-state index is -0.715. The monoisotopic (exact) mass is 536 g/mol. The Labute approximate surface area is 227 Å². The number of likely N-dealkylation sites (N-methyl/N-ethyl adjacent to an activating group) is 1. The summed E-state index contributed by atoms with van der Waals surface area (Å²) in [6, 6.07) is 5.77. The zero-order chi connectivity index (χ0) is 28.2. The number of aromatic hydroxyl groups is 1. The van der Waals surface area contributed by atoms with Crippen LogP contribution in [0, 0.1) is 18.6 Å². The van der Waals surface area contributed by atoms with Crippen LogP contribution in [-0.4, -0.2) is 89.2 Å². The van der Waals surface area contributed by atoms with E-state index in [0.29, 0.717) is 54.9 Å². The Morgan fingerprint density at radius 2 is 1.82 bits per heavy atom. The molecule has 1 aromatic heterocycles. The molecule has 2 aliphatic rings. The fraction of sp³-hybridized carbons (Fsp3) is 0.414. The molecule has 2 atom stereocenters. The number of aryl methyl sites for hydroxylation is 1. The molecule has 1 N–H and O–H groups in total. The molecule has 8 nitrogen and oxygen atoms in total. The number of fused-ring (bicyclic) bond motifs is 1. The number of hydrogen-bond acceptors (Lipinski definition) is 7. The Kier molecular flexibility index (Phi) is 6.92. The van der Waals surface area contributed by atoms with Gasteiger partial charge < -0.3 is 24.7 Å². The molecule has 0 spiro atoms. The lowest BCUT2D eigenvalue weighted by atomic mass is 9.95. The van der Waals surface area contributed by atoms with E-state index < -0.39 is 11.6 Å². The van der Waals surface area contributed by atoms with Gasteiger partial charge in [-0.1, -0.05) is 12.6 Å². The third-order valence-corrected chi connectivity index (χ3v) is 7.93. The average Bonchev–Trinajstić information content (AvgIpc) is 2.85. The van der Waals surface area contributed by atoms with E-state index in [1.807, 2.05) is 32.8 Å². The lowest BCUT2D eigenvalue weighted by molar-refractivity contribution is -0.128. The van der Waals surface area contributed by atoms with Gasteiger partial charge in [0.1, 0.15) is 22.9 Å². The molecule has 2 fully saturated rings. The van der Waals surface area contributed by atoms with Gasteiger partial charge >= 0.3 is 0 Å². The third-order valence-electron chi connectivity index (χ3n) is 7.93. The van der Waals surface area contributed by atoms with E-state index in [2.05, 4.69) is 21.4 Å². The first kappa shape index (κ1) is 26.8. The fourth-order valence-corrected chi connectivity index (χ4v) is 5.55. The second kappa shape index (κ2) is 10.1. The van der Waals surface area contributed by atoms with Crippen molar-refractivity contribution in [2.45, 2.75) is 38.9 Å². The van der Waals surface area contributed by atoms with Gasteiger partial charge in [-0.15, -0.1) is 0 Å². The van der Waals surface area contributed by atoms with Crippen molar-refractivity contribution in [1.29, 1.82) is 0 Å². The molecule has 0 unspecified atom stereocenters. The van der Waals surface area contributed by atoms with E-state index in [0.717, 1.165) is 0 Å². The summed E-state index contributed by atoms with van der Waals surface area (Å²) in [4.78, 5) is 30.0. The van der Waals surface area contributed by atoms with Gasteiger partial charge in [-0.3, -0.25) is 4.79 Å². The molecule has 1 amide bonds. The van der Waals surface area contributed by atoms with Gasteiger partial charge in [0.15, 0.2) is 5.82 Å². The van der Waals surface area contributed by atoms with Gasteiger partial charge in [0.25, 0.3) is 0 Å². The Morgan fingerprint density at radius 3 is 2.46 bits per heavy atom. The summed E-state index contributed by atoms with van der Waals surface area (Å²) in [5.74, 6) is -0.929. The van der Waals surface area contributed by atoms with Crippen molar-refractivity contribution < 1.29 is 18.7 Å². The lowest BCUT2D eigenvalue weighted by Gasteiger charge is -2.45. The van der Waals surface area contributed by atoms with E-state index in [-0.39, 0.29) is 40.4 Å². The topological polar surface area (TPSA) is 76.0 Å². The predicted molar refractivity (Wildman–Crippen MR) is 149 cm³/mol. The van der Waals surface area contributed by atoms with E-state index in [4.69, 9.17) is 4.98 Å². The van der Waals surface area contributed by atoms with Crippen molar-refractivity contribution in [2.75, 3.05) is 50.1 Å². The number of nitrogens with zero attached hydrogens (tertiary/aromatic N) is 6. The number of anilines is 2. The zero-order valence-corrected chi connectivity index (χ0v) is 22.9. The van der Waals surface area contributed by atoms with Crippen molar-refractivity contribution in [2.24, 2.45) is 0 Å². The molecule has 3 heterocycles. The predicted octanol–water partition coefficient (Wildman–Crippen LogP) is 3.95. The second-order valence-electron chi connectivity index (χ2n) is 10.8. The van der Waals surface area contributed by atoms with Gasteiger partial charge in [0, 0.05) is 55.3 Å². The van der Waals surface area contributed by atoms with Crippen molar-refractivity contribution in [3.05, 3.63) is 54.1 Å². The number of carbonyl (C=O) groups excluding carboxylic acids is 1. The number of amides is 1. The molecule has 3 aromatic rings. The molecule has 0 aliphatic carbocycles. The molecule has 0 radical (unpaired) electrons. The Balaban J connectivity index is 1.68. The van der Waals surface area contributed by atoms with E-state index in [9.17, 15) is 14.3 Å². The van der Waals surface area contributed by atoms with E-state index in [1.54, 1.807) is 17.9 Å². The first-order valence-corrected chi connectivity index (χ1v) is 13.1. The summed E-state index contributed by atoms with van der Waals surface area (Å²) >= 11 is 0. The molecule has 5 rings (SSSR count). The molecular weight excluding hydrogens is 502 g/mol. The smallest absolute Gasteiger partial charge is 0.246 e. The third kappa shape index (κ3) is 4.56. The molecule has 206 valence electrons. The van der Waals surface area contributed by atoms with Crippen LogP contribution in [0.5, 0.6) is 5.75 Å². The summed E-state index contributed by atoms with van der Waals surface area (Å²) in [6.45, 7) is 11.6. The summed E-state index contributed by atoms with van der Waals surface area (Å²) in [5.41, 5.74) is 0.310. The number of aromatic nitrogens is 2. The number of hydrogen-bond donors (Lipinski definition) is 1. The molecule has 0 bridgehead atoms. The number of rotatable bonds is 5. The van der Waals surface area contributed by atoms with Crippen LogP contribution in [0.15, 0.2) is 36.9 Å². The summed E-state index contributed by atoms with van der Waals surface area (Å²) in [7, 11) is 4.02. The Hall–Kier alpha value is -3.79. The number of carbonyl (C=O) groups is 1. The largest absolute Gasteiger partial charge is 0.507 e. The molecule has 0 saturated carbocycles. The summed E-state index contributed by atoms with van der Waals surface area (Å²) in [6.07, 6.45) is 1.32. The first-order valence-electron chi connectivity index (χ1n) is 13.1. The maximum atomic E-state index is 16.4. The lowest BCUT2D eigenvalue weighted by Crippen LogP contribution is -2.59. The molecule has 2 aromatic carbocycles. The summed E-state index contributed by atoms with van der Waals surface area (Å²) in [5, 5.41) is 11.0. The Morgan fingerprint density at radius 1 is 1.10 bits per heavy atom. The maximum Gasteiger partial charge on any atom is 0.246 e. The van der Waals surface area contributed by atoms with Crippen LogP contribution in [-0.2, 0) is 4.79 Å². The van der Waals surface area contributed by atoms with Crippen molar-refractivity contribution >= 4 is 28.6 Å². The highest BCUT2D eigenvalue weighted by molar-refractivity contribution is 5.96. The first-order chi connectivity index (χ1) is 18.5. The minimum absolute atomic E-state index is 0.0220. The normalized spacial score (nSPS) is 20.1. The molecule has 2 aliphatic heterocycles. The highest BCUT2D eigenvalue weighted by Gasteiger charge is 2.36. The number of piperazine rings is 1. The zero-order valence-electron chi connectivity index (χ0n) is 22.9. The number of phenols is 1. The fourth-order valence-electron chi connectivity index (χ4n) is 5.55. The van der Waals surface area contributed by atoms with E-state index >= 15 is 4.39 Å². The Bertz CT molecular complexity index is 1440. The van der Waals surface area contributed by atoms with Crippen LogP contribution in [0.2, 0.25) is 0 Å². The van der Waals surface area contributed by atoms with Crippen LogP contribution in [0.1, 0.15) is 19.4 Å². The minimum Gasteiger partial charge on any atom is -0.507 e.